The molecule has 272 valence electrons. The maximum absolute atomic E-state index is 6.51. The normalized spacial score (nSPS) is 11.4. The van der Waals surface area contributed by atoms with E-state index in [9.17, 15) is 0 Å². The van der Waals surface area contributed by atoms with Crippen molar-refractivity contribution in [3.05, 3.63) is 224 Å². The van der Waals surface area contributed by atoms with Crippen LogP contribution >= 0.6 is 0 Å². The molecular formula is C56H37NO. The van der Waals surface area contributed by atoms with Gasteiger partial charge in [-0.05, 0) is 116 Å². The van der Waals surface area contributed by atoms with Crippen LogP contribution in [0.5, 0.6) is 0 Å². The second kappa shape index (κ2) is 14.1. The van der Waals surface area contributed by atoms with E-state index < -0.39 is 0 Å². The number of fused-ring (bicyclic) bond motifs is 6. The second-order valence-electron chi connectivity index (χ2n) is 14.9. The summed E-state index contributed by atoms with van der Waals surface area (Å²) in [6.07, 6.45) is 0. The Bertz CT molecular complexity index is 3270. The minimum absolute atomic E-state index is 0.889. The van der Waals surface area contributed by atoms with Gasteiger partial charge in [-0.25, -0.2) is 0 Å². The van der Waals surface area contributed by atoms with Crippen molar-refractivity contribution >= 4 is 60.5 Å². The third-order valence-electron chi connectivity index (χ3n) is 11.5. The van der Waals surface area contributed by atoms with Crippen molar-refractivity contribution in [2.75, 3.05) is 4.90 Å². The summed E-state index contributed by atoms with van der Waals surface area (Å²) in [4.78, 5) is 2.38. The van der Waals surface area contributed by atoms with Crippen LogP contribution in [0.15, 0.2) is 229 Å². The molecular weight excluding hydrogens is 703 g/mol. The van der Waals surface area contributed by atoms with Gasteiger partial charge >= 0.3 is 0 Å². The molecule has 1 aromatic heterocycles. The van der Waals surface area contributed by atoms with Gasteiger partial charge in [0, 0.05) is 33.1 Å². The Morgan fingerprint density at radius 3 is 1.60 bits per heavy atom. The van der Waals surface area contributed by atoms with Crippen LogP contribution in [-0.4, -0.2) is 0 Å². The van der Waals surface area contributed by atoms with Crippen LogP contribution in [0.1, 0.15) is 0 Å². The van der Waals surface area contributed by atoms with Crippen molar-refractivity contribution in [2.24, 2.45) is 0 Å². The van der Waals surface area contributed by atoms with Crippen molar-refractivity contribution in [1.82, 2.24) is 0 Å². The summed E-state index contributed by atoms with van der Waals surface area (Å²) in [6, 6.07) is 80.7. The highest BCUT2D eigenvalue weighted by atomic mass is 16.3. The lowest BCUT2D eigenvalue weighted by atomic mass is 9.97. The lowest BCUT2D eigenvalue weighted by Gasteiger charge is -2.28. The Morgan fingerprint density at radius 2 is 0.845 bits per heavy atom. The molecule has 0 spiro atoms. The van der Waals surface area contributed by atoms with Gasteiger partial charge in [-0.2, -0.15) is 0 Å². The van der Waals surface area contributed by atoms with Gasteiger partial charge < -0.3 is 9.32 Å². The number of para-hydroxylation sites is 1. The summed E-state index contributed by atoms with van der Waals surface area (Å²) in [7, 11) is 0. The summed E-state index contributed by atoms with van der Waals surface area (Å²) in [5.74, 6) is 0. The van der Waals surface area contributed by atoms with Gasteiger partial charge in [0.15, 0.2) is 0 Å². The molecule has 0 aliphatic carbocycles. The van der Waals surface area contributed by atoms with Gasteiger partial charge in [-0.15, -0.1) is 0 Å². The van der Waals surface area contributed by atoms with Crippen LogP contribution in [0.2, 0.25) is 0 Å². The van der Waals surface area contributed by atoms with Crippen LogP contribution in [0, 0.1) is 0 Å². The molecule has 0 atom stereocenters. The zero-order chi connectivity index (χ0) is 38.4. The molecule has 0 aliphatic rings. The SMILES string of the molecule is c1ccc(-c2cccc(-c3ccc(N(c4ccc(-c5ccc6ccccc6c5)cc4)c4ccccc4-c4ccc5oc6c7ccccc7ccc6c5c4)cc3)c2)cc1. The molecule has 0 aliphatic heterocycles. The van der Waals surface area contributed by atoms with Crippen molar-refractivity contribution < 1.29 is 4.42 Å². The maximum Gasteiger partial charge on any atom is 0.143 e. The van der Waals surface area contributed by atoms with Crippen LogP contribution in [0.25, 0.3) is 88.0 Å². The second-order valence-corrected chi connectivity index (χ2v) is 14.9. The van der Waals surface area contributed by atoms with Gasteiger partial charge in [0.2, 0.25) is 0 Å². The highest BCUT2D eigenvalue weighted by Gasteiger charge is 2.19. The lowest BCUT2D eigenvalue weighted by Crippen LogP contribution is -2.11. The minimum atomic E-state index is 0.889. The highest BCUT2D eigenvalue weighted by molar-refractivity contribution is 6.15. The number of rotatable bonds is 7. The highest BCUT2D eigenvalue weighted by Crippen LogP contribution is 2.44. The zero-order valence-electron chi connectivity index (χ0n) is 31.7. The molecule has 0 unspecified atom stereocenters. The van der Waals surface area contributed by atoms with Crippen molar-refractivity contribution in [1.29, 1.82) is 0 Å². The molecule has 0 radical (unpaired) electrons. The molecule has 11 rings (SSSR count). The summed E-state index contributed by atoms with van der Waals surface area (Å²) in [5, 5.41) is 7.03. The fourth-order valence-electron chi connectivity index (χ4n) is 8.50. The average Bonchev–Trinajstić information content (AvgIpc) is 3.69. The molecule has 0 N–H and O–H groups in total. The van der Waals surface area contributed by atoms with E-state index in [0.717, 1.165) is 55.5 Å². The maximum atomic E-state index is 6.51. The third-order valence-corrected chi connectivity index (χ3v) is 11.5. The first-order valence-corrected chi connectivity index (χ1v) is 19.8. The van der Waals surface area contributed by atoms with Gasteiger partial charge in [-0.1, -0.05) is 164 Å². The van der Waals surface area contributed by atoms with Gasteiger partial charge in [0.25, 0.3) is 0 Å². The molecule has 2 heteroatoms. The first-order valence-electron chi connectivity index (χ1n) is 19.8. The molecule has 0 fully saturated rings. The minimum Gasteiger partial charge on any atom is -0.455 e. The largest absolute Gasteiger partial charge is 0.455 e. The fourth-order valence-corrected chi connectivity index (χ4v) is 8.50. The van der Waals surface area contributed by atoms with Crippen molar-refractivity contribution in [3.63, 3.8) is 0 Å². The van der Waals surface area contributed by atoms with E-state index in [1.165, 1.54) is 49.5 Å². The number of benzene rings is 10. The average molecular weight is 740 g/mol. The van der Waals surface area contributed by atoms with Crippen LogP contribution in [-0.2, 0) is 0 Å². The predicted molar refractivity (Wildman–Crippen MR) is 245 cm³/mol. The van der Waals surface area contributed by atoms with Crippen LogP contribution < -0.4 is 4.90 Å². The topological polar surface area (TPSA) is 16.4 Å². The molecule has 11 aromatic rings. The van der Waals surface area contributed by atoms with Crippen LogP contribution in [0.3, 0.4) is 0 Å². The van der Waals surface area contributed by atoms with E-state index in [4.69, 9.17) is 4.42 Å². The van der Waals surface area contributed by atoms with E-state index in [-0.39, 0.29) is 0 Å². The van der Waals surface area contributed by atoms with Crippen LogP contribution in [0.4, 0.5) is 17.1 Å². The molecule has 58 heavy (non-hydrogen) atoms. The number of furan rings is 1. The number of hydrogen-bond donors (Lipinski definition) is 0. The fraction of sp³-hybridized carbons (Fsp3) is 0. The summed E-state index contributed by atoms with van der Waals surface area (Å²) in [6.45, 7) is 0. The first-order chi connectivity index (χ1) is 28.7. The lowest BCUT2D eigenvalue weighted by molar-refractivity contribution is 0.672. The van der Waals surface area contributed by atoms with Gasteiger partial charge in [0.05, 0.1) is 5.69 Å². The number of hydrogen-bond acceptors (Lipinski definition) is 2. The molecule has 2 nitrogen and oxygen atoms in total. The number of nitrogens with zero attached hydrogens (tertiary/aromatic N) is 1. The quantitative estimate of drug-likeness (QED) is 0.162. The molecule has 0 saturated heterocycles. The third kappa shape index (κ3) is 6.00. The monoisotopic (exact) mass is 739 g/mol. The molecule has 1 heterocycles. The van der Waals surface area contributed by atoms with E-state index in [1.54, 1.807) is 0 Å². The van der Waals surface area contributed by atoms with E-state index in [0.29, 0.717) is 0 Å². The van der Waals surface area contributed by atoms with E-state index >= 15 is 0 Å². The van der Waals surface area contributed by atoms with E-state index in [1.807, 2.05) is 0 Å². The molecule has 0 saturated carbocycles. The summed E-state index contributed by atoms with van der Waals surface area (Å²) in [5.41, 5.74) is 14.5. The van der Waals surface area contributed by atoms with Gasteiger partial charge in [-0.3, -0.25) is 0 Å². The van der Waals surface area contributed by atoms with Crippen molar-refractivity contribution in [3.8, 4) is 44.5 Å². The first kappa shape index (κ1) is 33.6. The molecule has 10 aromatic carbocycles. The molecule has 0 amide bonds. The Labute approximate surface area is 337 Å². The summed E-state index contributed by atoms with van der Waals surface area (Å²) >= 11 is 0. The number of anilines is 3. The van der Waals surface area contributed by atoms with E-state index in [2.05, 4.69) is 229 Å². The Balaban J connectivity index is 1.03. The smallest absolute Gasteiger partial charge is 0.143 e. The predicted octanol–water partition coefficient (Wildman–Crippen LogP) is 16.0. The van der Waals surface area contributed by atoms with Crippen molar-refractivity contribution in [2.45, 2.75) is 0 Å². The Hall–Kier alpha value is -7.68. The Kier molecular flexibility index (Phi) is 8.19. The summed E-state index contributed by atoms with van der Waals surface area (Å²) < 4.78 is 6.51. The Morgan fingerprint density at radius 1 is 0.293 bits per heavy atom. The zero-order valence-corrected chi connectivity index (χ0v) is 31.7. The van der Waals surface area contributed by atoms with Gasteiger partial charge in [0.1, 0.15) is 11.2 Å². The molecule has 0 bridgehead atoms. The standard InChI is InChI=1S/C56H37NO/c1-2-11-38(12-3-1)44-16-10-17-45(35-44)40-23-29-48(30-24-40)57(49-31-25-41(26-32-49)46-22-21-39-13-4-5-15-43(39)36-46)54-20-9-8-18-50(54)47-28-34-55-53(37-47)52-33-27-42-14-6-7-19-51(42)56(52)58-55/h1-37H.